The fourth-order valence-corrected chi connectivity index (χ4v) is 0.391. The third-order valence-electron chi connectivity index (χ3n) is 1.12. The first-order valence-corrected chi connectivity index (χ1v) is 2.97. The van der Waals surface area contributed by atoms with Crippen molar-refractivity contribution in [2.75, 3.05) is 0 Å². The third-order valence-corrected chi connectivity index (χ3v) is 1.12. The van der Waals surface area contributed by atoms with E-state index in [1.807, 2.05) is 0 Å². The minimum absolute atomic E-state index is 0. The Kier molecular flexibility index (Phi) is 5.36. The maximum Gasteiger partial charge on any atom is 1.00 e. The Morgan fingerprint density at radius 1 is 0.500 bits per heavy atom. The van der Waals surface area contributed by atoms with Crippen LogP contribution in [0.15, 0.2) is 0 Å². The molecule has 0 fully saturated rings. The fourth-order valence-electron chi connectivity index (χ4n) is 0.391. The molecule has 0 saturated heterocycles. The van der Waals surface area contributed by atoms with E-state index < -0.39 is 31.3 Å². The van der Waals surface area contributed by atoms with Gasteiger partial charge in [0, 0.05) is 0 Å². The number of rotatable bonds is 2. The Hall–Kier alpha value is -0.0377. The second kappa shape index (κ2) is 4.68. The van der Waals surface area contributed by atoms with Crippen LogP contribution in [0.3, 0.4) is 0 Å². The molecule has 0 heterocycles. The van der Waals surface area contributed by atoms with Crippen LogP contribution in [0.25, 0.3) is 0 Å². The van der Waals surface area contributed by atoms with Crippen LogP contribution in [0.2, 0.25) is 0 Å². The molecule has 16 heavy (non-hydrogen) atoms. The minimum atomic E-state index is -6.50. The molecule has 0 aromatic carbocycles. The van der Waals surface area contributed by atoms with Crippen molar-refractivity contribution >= 4 is 7.28 Å². The molecule has 0 aliphatic rings. The van der Waals surface area contributed by atoms with Gasteiger partial charge in [0.1, 0.15) is 0 Å². The number of alkyl halides is 10. The molecular weight excluding hydrogens is 256 g/mol. The number of hydrogen-bond acceptors (Lipinski definition) is 0. The van der Waals surface area contributed by atoms with E-state index in [2.05, 4.69) is 0 Å². The van der Waals surface area contributed by atoms with Gasteiger partial charge in [0.15, 0.2) is 11.6 Å². The topological polar surface area (TPSA) is 0 Å². The normalized spacial score (nSPS) is 14.6. The van der Waals surface area contributed by atoms with Crippen LogP contribution in [0, 0.1) is 0 Å². The molecule has 0 atom stereocenters. The van der Waals surface area contributed by atoms with E-state index in [4.69, 9.17) is 0 Å². The van der Waals surface area contributed by atoms with Crippen molar-refractivity contribution < 1.29 is 62.8 Å². The van der Waals surface area contributed by atoms with E-state index in [0.29, 0.717) is 0 Å². The summed E-state index contributed by atoms with van der Waals surface area (Å²) in [5.41, 5.74) is 0. The van der Waals surface area contributed by atoms with Gasteiger partial charge in [0.05, 0.1) is 0 Å². The van der Waals surface area contributed by atoms with Crippen molar-refractivity contribution in [2.24, 2.45) is 0 Å². The Balaban J connectivity index is 0. The Labute approximate surface area is 94.8 Å². The van der Waals surface area contributed by atoms with Gasteiger partial charge in [-0.1, -0.05) is 0 Å². The molecule has 0 nitrogen and oxygen atoms in total. The Morgan fingerprint density at radius 2 is 0.688 bits per heavy atom. The summed E-state index contributed by atoms with van der Waals surface area (Å²) in [6.45, 7) is 0. The predicted molar refractivity (Wildman–Crippen MR) is 27.8 cm³/mol. The summed E-state index contributed by atoms with van der Waals surface area (Å²) in [5, 5.41) is 0. The molecule has 0 spiro atoms. The van der Waals surface area contributed by atoms with Crippen molar-refractivity contribution in [3.8, 4) is 0 Å². The first kappa shape index (κ1) is 18.3. The van der Waals surface area contributed by atoms with Gasteiger partial charge in [-0.2, -0.15) is 26.3 Å². The zero-order chi connectivity index (χ0) is 12.7. The summed E-state index contributed by atoms with van der Waals surface area (Å²) >= 11 is 0. The van der Waals surface area contributed by atoms with Crippen molar-refractivity contribution in [3.05, 3.63) is 0 Å². The van der Waals surface area contributed by atoms with E-state index in [0.717, 1.165) is 0 Å². The molecule has 2 radical (unpaired) electrons. The molecule has 0 saturated carbocycles. The summed E-state index contributed by atoms with van der Waals surface area (Å²) in [5.74, 6) is -12.4. The smallest absolute Gasteiger partial charge is 0.249 e. The summed E-state index contributed by atoms with van der Waals surface area (Å²) < 4.78 is 115. The summed E-state index contributed by atoms with van der Waals surface area (Å²) in [6, 6.07) is 0. The summed E-state index contributed by atoms with van der Waals surface area (Å²) in [4.78, 5) is 0. The van der Waals surface area contributed by atoms with Gasteiger partial charge in [0.25, 0.3) is 0 Å². The zero-order valence-electron chi connectivity index (χ0n) is 7.36. The van der Waals surface area contributed by atoms with Crippen LogP contribution in [0.1, 0.15) is 0 Å². The van der Waals surface area contributed by atoms with Crippen LogP contribution in [0.5, 0.6) is 0 Å². The van der Waals surface area contributed by atoms with Crippen molar-refractivity contribution in [1.29, 1.82) is 0 Å². The molecule has 0 aliphatic carbocycles. The predicted octanol–water partition coefficient (Wildman–Crippen LogP) is 0.00480. The molecule has 0 N–H and O–H groups in total. The van der Waals surface area contributed by atoms with Gasteiger partial charge >= 0.3 is 31.2 Å². The minimum Gasteiger partial charge on any atom is -0.249 e. The van der Waals surface area contributed by atoms with Crippen LogP contribution in [-0.4, -0.2) is 31.3 Å². The Morgan fingerprint density at radius 3 is 0.812 bits per heavy atom. The van der Waals surface area contributed by atoms with Crippen LogP contribution in [0.4, 0.5) is 43.9 Å². The van der Waals surface area contributed by atoms with E-state index in [1.165, 1.54) is 0 Å². The average molecular weight is 256 g/mol. The molecule has 90 valence electrons. The van der Waals surface area contributed by atoms with Gasteiger partial charge in [-0.3, -0.25) is 0 Å². The third kappa shape index (κ3) is 4.09. The van der Waals surface area contributed by atoms with Gasteiger partial charge in [-0.05, 0) is 0 Å². The average Bonchev–Trinajstić information content (AvgIpc) is 1.77. The SMILES string of the molecule is FC(F)(F)C(F)(F)[B-]C(F)(F)C(F)(F)F.[Li+]. The van der Waals surface area contributed by atoms with E-state index in [9.17, 15) is 43.9 Å². The Bertz CT molecular complexity index is 204. The molecule has 0 aliphatic heterocycles. The van der Waals surface area contributed by atoms with E-state index in [-0.39, 0.29) is 18.9 Å². The standard InChI is InChI=1S/C4BF10.Li/c6-1(7,3(10,11)12)5-2(8,9)4(13,14)15;/q-1;+1. The first-order valence-electron chi connectivity index (χ1n) is 2.97. The molecule has 0 aromatic rings. The molecule has 0 rings (SSSR count). The van der Waals surface area contributed by atoms with Crippen molar-refractivity contribution in [1.82, 2.24) is 0 Å². The number of hydrogen-bond donors (Lipinski definition) is 0. The van der Waals surface area contributed by atoms with Gasteiger partial charge < -0.3 is 0 Å². The molecule has 12 heteroatoms. The number of halogens is 10. The largest absolute Gasteiger partial charge is 1.00 e. The second-order valence-corrected chi connectivity index (χ2v) is 2.39. The molecule has 0 amide bonds. The fraction of sp³-hybridized carbons (Fsp3) is 1.00. The van der Waals surface area contributed by atoms with E-state index >= 15 is 0 Å². The second-order valence-electron chi connectivity index (χ2n) is 2.39. The molecule has 0 bridgehead atoms. The van der Waals surface area contributed by atoms with Crippen LogP contribution in [-0.2, 0) is 0 Å². The monoisotopic (exact) mass is 256 g/mol. The maximum absolute atomic E-state index is 11.8. The molecule has 0 unspecified atom stereocenters. The summed E-state index contributed by atoms with van der Waals surface area (Å²) in [6.07, 6.45) is -13.0. The van der Waals surface area contributed by atoms with Crippen molar-refractivity contribution in [3.63, 3.8) is 0 Å². The van der Waals surface area contributed by atoms with Gasteiger partial charge in [0.2, 0.25) is 0 Å². The first-order chi connectivity index (χ1) is 6.21. The van der Waals surface area contributed by atoms with Gasteiger partial charge in [-0.25, -0.2) is 17.6 Å². The molecular formula is C4BF10Li. The van der Waals surface area contributed by atoms with Crippen LogP contribution >= 0.6 is 0 Å². The zero-order valence-corrected chi connectivity index (χ0v) is 7.36. The van der Waals surface area contributed by atoms with Gasteiger partial charge in [-0.15, -0.1) is 7.28 Å². The molecule has 0 aromatic heterocycles. The van der Waals surface area contributed by atoms with Crippen molar-refractivity contribution in [2.45, 2.75) is 24.0 Å². The van der Waals surface area contributed by atoms with Crippen LogP contribution < -0.4 is 18.9 Å². The maximum atomic E-state index is 11.8. The van der Waals surface area contributed by atoms with E-state index in [1.54, 1.807) is 0 Å². The summed E-state index contributed by atoms with van der Waals surface area (Å²) in [7, 11) is -2.38. The quantitative estimate of drug-likeness (QED) is 0.482.